The molecule has 2 aromatic rings. The topological polar surface area (TPSA) is 55.4 Å². The van der Waals surface area contributed by atoms with Crippen LogP contribution in [0, 0.1) is 6.92 Å². The van der Waals surface area contributed by atoms with Gasteiger partial charge in [0.05, 0.1) is 6.04 Å². The second kappa shape index (κ2) is 7.83. The summed E-state index contributed by atoms with van der Waals surface area (Å²) in [6, 6.07) is 9.93. The van der Waals surface area contributed by atoms with Crippen LogP contribution < -0.4 is 5.32 Å². The van der Waals surface area contributed by atoms with Crippen molar-refractivity contribution in [2.24, 2.45) is 0 Å². The zero-order chi connectivity index (χ0) is 17.8. The van der Waals surface area contributed by atoms with Crippen molar-refractivity contribution in [1.82, 2.24) is 5.32 Å². The maximum Gasteiger partial charge on any atom is 0.348 e. The van der Waals surface area contributed by atoms with E-state index in [1.807, 2.05) is 44.2 Å². The number of esters is 1. The van der Waals surface area contributed by atoms with Crippen LogP contribution in [-0.4, -0.2) is 18.5 Å². The summed E-state index contributed by atoms with van der Waals surface area (Å²) in [5, 5.41) is 2.94. The van der Waals surface area contributed by atoms with E-state index < -0.39 is 5.97 Å². The van der Waals surface area contributed by atoms with Crippen LogP contribution in [0.15, 0.2) is 30.3 Å². The quantitative estimate of drug-likeness (QED) is 0.796. The predicted octanol–water partition coefficient (Wildman–Crippen LogP) is 3.97. The molecule has 3 rings (SSSR count). The third-order valence-electron chi connectivity index (χ3n) is 4.51. The molecule has 1 N–H and O–H groups in total. The molecule has 0 spiro atoms. The number of carbonyl (C=O) groups excluding carboxylic acids is 2. The van der Waals surface area contributed by atoms with Gasteiger partial charge in [-0.2, -0.15) is 0 Å². The van der Waals surface area contributed by atoms with Crippen LogP contribution >= 0.6 is 11.3 Å². The largest absolute Gasteiger partial charge is 0.451 e. The number of ether oxygens (including phenoxy) is 1. The van der Waals surface area contributed by atoms with Crippen LogP contribution in [0.3, 0.4) is 0 Å². The summed E-state index contributed by atoms with van der Waals surface area (Å²) in [5.74, 6) is -0.678. The van der Waals surface area contributed by atoms with E-state index in [9.17, 15) is 9.59 Å². The van der Waals surface area contributed by atoms with E-state index in [0.29, 0.717) is 4.88 Å². The second-order valence-electron chi connectivity index (χ2n) is 6.43. The Morgan fingerprint density at radius 3 is 2.68 bits per heavy atom. The van der Waals surface area contributed by atoms with Gasteiger partial charge in [0.1, 0.15) is 4.88 Å². The Labute approximate surface area is 152 Å². The minimum Gasteiger partial charge on any atom is -0.451 e. The summed E-state index contributed by atoms with van der Waals surface area (Å²) in [6.45, 7) is 3.80. The van der Waals surface area contributed by atoms with E-state index >= 15 is 0 Å². The van der Waals surface area contributed by atoms with E-state index in [1.165, 1.54) is 27.3 Å². The minimum atomic E-state index is -0.405. The number of aryl methyl sites for hydroxylation is 3. The second-order valence-corrected chi connectivity index (χ2v) is 7.56. The lowest BCUT2D eigenvalue weighted by Crippen LogP contribution is -2.32. The minimum absolute atomic E-state index is 0.0719. The van der Waals surface area contributed by atoms with E-state index in [2.05, 4.69) is 5.32 Å². The highest BCUT2D eigenvalue weighted by Gasteiger charge is 2.20. The molecule has 0 saturated heterocycles. The number of hydrogen-bond donors (Lipinski definition) is 1. The fourth-order valence-electron chi connectivity index (χ4n) is 3.09. The summed E-state index contributed by atoms with van der Waals surface area (Å²) in [7, 11) is 0. The lowest BCUT2D eigenvalue weighted by atomic mass is 10.0. The third-order valence-corrected chi connectivity index (χ3v) is 5.72. The van der Waals surface area contributed by atoms with E-state index in [4.69, 9.17) is 4.74 Å². The fraction of sp³-hybridized carbons (Fsp3) is 0.400. The van der Waals surface area contributed by atoms with Gasteiger partial charge in [-0.15, -0.1) is 11.3 Å². The van der Waals surface area contributed by atoms with E-state index in [1.54, 1.807) is 0 Å². The first-order chi connectivity index (χ1) is 12.1. The number of nitrogens with one attached hydrogen (secondary N) is 1. The predicted molar refractivity (Wildman–Crippen MR) is 99.0 cm³/mol. The van der Waals surface area contributed by atoms with Crippen molar-refractivity contribution < 1.29 is 14.3 Å². The normalized spacial score (nSPS) is 14.0. The molecule has 1 aliphatic rings. The van der Waals surface area contributed by atoms with Crippen molar-refractivity contribution in [3.63, 3.8) is 0 Å². The van der Waals surface area contributed by atoms with Crippen molar-refractivity contribution >= 4 is 23.2 Å². The van der Waals surface area contributed by atoms with Gasteiger partial charge >= 0.3 is 5.97 Å². The summed E-state index contributed by atoms with van der Waals surface area (Å²) in [6.07, 6.45) is 4.02. The number of amides is 1. The number of benzene rings is 1. The van der Waals surface area contributed by atoms with Gasteiger partial charge in [-0.25, -0.2) is 4.79 Å². The Hall–Kier alpha value is -2.14. The molecule has 1 aromatic heterocycles. The molecular formula is C20H23NO3S. The molecule has 4 nitrogen and oxygen atoms in total. The molecule has 1 atom stereocenters. The monoisotopic (exact) mass is 357 g/mol. The van der Waals surface area contributed by atoms with Crippen LogP contribution in [0.4, 0.5) is 0 Å². The number of fused-ring (bicyclic) bond motifs is 1. The van der Waals surface area contributed by atoms with Gasteiger partial charge in [-0.05, 0) is 49.8 Å². The number of thiophene rings is 1. The molecule has 0 fully saturated rings. The Kier molecular flexibility index (Phi) is 5.53. The Morgan fingerprint density at radius 2 is 2.00 bits per heavy atom. The van der Waals surface area contributed by atoms with Crippen LogP contribution in [0.25, 0.3) is 0 Å². The zero-order valence-corrected chi connectivity index (χ0v) is 15.4. The average molecular weight is 357 g/mol. The molecule has 0 unspecified atom stereocenters. The number of rotatable bonds is 6. The first-order valence-electron chi connectivity index (χ1n) is 8.71. The maximum atomic E-state index is 12.1. The first-order valence-corrected chi connectivity index (χ1v) is 9.53. The molecule has 0 saturated carbocycles. The van der Waals surface area contributed by atoms with Gasteiger partial charge in [0, 0.05) is 4.88 Å². The van der Waals surface area contributed by atoms with Gasteiger partial charge in [-0.1, -0.05) is 36.8 Å². The number of carbonyl (C=O) groups is 2. The lowest BCUT2D eigenvalue weighted by molar-refractivity contribution is -0.125. The highest BCUT2D eigenvalue weighted by atomic mass is 32.1. The fourth-order valence-corrected chi connectivity index (χ4v) is 4.24. The highest BCUT2D eigenvalue weighted by Crippen LogP contribution is 2.30. The van der Waals surface area contributed by atoms with Gasteiger partial charge in [-0.3, -0.25) is 4.79 Å². The van der Waals surface area contributed by atoms with E-state index in [-0.39, 0.29) is 18.6 Å². The highest BCUT2D eigenvalue weighted by molar-refractivity contribution is 7.14. The molecule has 1 heterocycles. The molecule has 0 radical (unpaired) electrons. The van der Waals surface area contributed by atoms with Crippen LogP contribution in [0.5, 0.6) is 0 Å². The van der Waals surface area contributed by atoms with Crippen LogP contribution in [-0.2, 0) is 22.4 Å². The Balaban J connectivity index is 1.52. The zero-order valence-electron chi connectivity index (χ0n) is 14.6. The summed E-state index contributed by atoms with van der Waals surface area (Å²) in [5.41, 5.74) is 3.50. The van der Waals surface area contributed by atoms with Gasteiger partial charge in [0.2, 0.25) is 0 Å². The standard InChI is InChI=1S/C20H23NO3S/c1-3-16(14-9-7-13(2)8-10-14)21-19(22)12-24-20(23)18-11-15-5-4-6-17(15)25-18/h7-11,16H,3-6,12H2,1-2H3,(H,21,22)/t16-/m0/s1. The average Bonchev–Trinajstić information content (AvgIpc) is 3.20. The smallest absolute Gasteiger partial charge is 0.348 e. The SMILES string of the molecule is CC[C@H](NC(=O)COC(=O)c1cc2c(s1)CCC2)c1ccc(C)cc1. The Morgan fingerprint density at radius 1 is 1.24 bits per heavy atom. The lowest BCUT2D eigenvalue weighted by Gasteiger charge is -2.17. The summed E-state index contributed by atoms with van der Waals surface area (Å²) >= 11 is 1.49. The summed E-state index contributed by atoms with van der Waals surface area (Å²) < 4.78 is 5.19. The first kappa shape index (κ1) is 17.7. The van der Waals surface area contributed by atoms with Crippen molar-refractivity contribution in [2.75, 3.05) is 6.61 Å². The Bertz CT molecular complexity index is 742. The van der Waals surface area contributed by atoms with Crippen LogP contribution in [0.1, 0.15) is 57.0 Å². The molecular weight excluding hydrogens is 334 g/mol. The molecule has 1 aromatic carbocycles. The van der Waals surface area contributed by atoms with Crippen molar-refractivity contribution in [2.45, 2.75) is 45.6 Å². The molecule has 0 aliphatic heterocycles. The molecule has 25 heavy (non-hydrogen) atoms. The third kappa shape index (κ3) is 4.28. The van der Waals surface area contributed by atoms with Gasteiger partial charge < -0.3 is 10.1 Å². The van der Waals surface area contributed by atoms with Crippen LogP contribution in [0.2, 0.25) is 0 Å². The van der Waals surface area contributed by atoms with Crippen molar-refractivity contribution in [3.05, 3.63) is 56.8 Å². The van der Waals surface area contributed by atoms with Gasteiger partial charge in [0.15, 0.2) is 6.61 Å². The maximum absolute atomic E-state index is 12.1. The van der Waals surface area contributed by atoms with Crippen molar-refractivity contribution in [1.29, 1.82) is 0 Å². The van der Waals surface area contributed by atoms with Crippen molar-refractivity contribution in [3.8, 4) is 0 Å². The summed E-state index contributed by atoms with van der Waals surface area (Å²) in [4.78, 5) is 26.1. The van der Waals surface area contributed by atoms with Gasteiger partial charge in [0.25, 0.3) is 5.91 Å². The molecule has 1 aliphatic carbocycles. The van der Waals surface area contributed by atoms with E-state index in [0.717, 1.165) is 31.2 Å². The molecule has 5 heteroatoms. The molecule has 0 bridgehead atoms. The number of hydrogen-bond acceptors (Lipinski definition) is 4. The molecule has 1 amide bonds. The molecule has 132 valence electrons.